The first-order valence-electron chi connectivity index (χ1n) is 6.23. The van der Waals surface area contributed by atoms with E-state index < -0.39 is 0 Å². The van der Waals surface area contributed by atoms with Gasteiger partial charge in [-0.3, -0.25) is 0 Å². The average Bonchev–Trinajstić information content (AvgIpc) is 2.80. The number of anilines is 1. The molecule has 0 aliphatic heterocycles. The second kappa shape index (κ2) is 4.81. The van der Waals surface area contributed by atoms with E-state index in [2.05, 4.69) is 5.16 Å². The molecule has 0 saturated carbocycles. The predicted octanol–water partition coefficient (Wildman–Crippen LogP) is 4.04. The Morgan fingerprint density at radius 2 is 1.80 bits per heavy atom. The minimum Gasteiger partial charge on any atom is -0.380 e. The number of nitrogen functional groups attached to an aromatic ring is 1. The second-order valence-electron chi connectivity index (χ2n) is 4.65. The van der Waals surface area contributed by atoms with E-state index in [4.69, 9.17) is 10.3 Å². The highest BCUT2D eigenvalue weighted by Crippen LogP contribution is 2.36. The molecule has 0 aliphatic carbocycles. The normalized spacial score (nSPS) is 10.7. The molecular formula is C16H13FN2O. The number of hydrogen-bond donors (Lipinski definition) is 1. The van der Waals surface area contributed by atoms with Crippen LogP contribution in [0.25, 0.3) is 22.5 Å². The number of aromatic nitrogens is 1. The molecule has 0 aliphatic rings. The van der Waals surface area contributed by atoms with Gasteiger partial charge in [-0.25, -0.2) is 4.39 Å². The SMILES string of the molecule is Cc1cccc(-c2c(N)noc2-c2cccc(F)c2)c1. The van der Waals surface area contributed by atoms with Gasteiger partial charge in [0.05, 0.1) is 5.56 Å². The van der Waals surface area contributed by atoms with Gasteiger partial charge in [-0.2, -0.15) is 0 Å². The minimum atomic E-state index is -0.326. The van der Waals surface area contributed by atoms with E-state index in [1.54, 1.807) is 12.1 Å². The summed E-state index contributed by atoms with van der Waals surface area (Å²) in [6.07, 6.45) is 0. The molecule has 4 heteroatoms. The largest absolute Gasteiger partial charge is 0.380 e. The van der Waals surface area contributed by atoms with Crippen molar-refractivity contribution < 1.29 is 8.91 Å². The lowest BCUT2D eigenvalue weighted by Gasteiger charge is -2.04. The van der Waals surface area contributed by atoms with Crippen LogP contribution in [0.1, 0.15) is 5.56 Å². The van der Waals surface area contributed by atoms with Crippen LogP contribution in [-0.4, -0.2) is 5.16 Å². The van der Waals surface area contributed by atoms with Gasteiger partial charge in [-0.05, 0) is 24.6 Å². The summed E-state index contributed by atoms with van der Waals surface area (Å²) in [7, 11) is 0. The summed E-state index contributed by atoms with van der Waals surface area (Å²) in [6.45, 7) is 2.00. The van der Waals surface area contributed by atoms with Crippen molar-refractivity contribution in [2.75, 3.05) is 5.73 Å². The van der Waals surface area contributed by atoms with Gasteiger partial charge in [-0.15, -0.1) is 0 Å². The van der Waals surface area contributed by atoms with Crippen LogP contribution in [0, 0.1) is 12.7 Å². The Balaban J connectivity index is 2.20. The lowest BCUT2D eigenvalue weighted by atomic mass is 10.00. The van der Waals surface area contributed by atoms with Gasteiger partial charge in [0.2, 0.25) is 0 Å². The highest BCUT2D eigenvalue weighted by atomic mass is 19.1. The van der Waals surface area contributed by atoms with Crippen molar-refractivity contribution in [1.82, 2.24) is 5.16 Å². The van der Waals surface area contributed by atoms with Crippen molar-refractivity contribution in [3.05, 3.63) is 59.9 Å². The highest BCUT2D eigenvalue weighted by Gasteiger charge is 2.17. The Bertz CT molecular complexity index is 765. The van der Waals surface area contributed by atoms with E-state index in [0.29, 0.717) is 22.7 Å². The van der Waals surface area contributed by atoms with E-state index in [9.17, 15) is 4.39 Å². The van der Waals surface area contributed by atoms with Crippen LogP contribution in [-0.2, 0) is 0 Å². The molecule has 3 aromatic rings. The highest BCUT2D eigenvalue weighted by molar-refractivity contribution is 5.86. The van der Waals surface area contributed by atoms with E-state index in [1.165, 1.54) is 12.1 Å². The van der Waals surface area contributed by atoms with Crippen molar-refractivity contribution in [3.63, 3.8) is 0 Å². The minimum absolute atomic E-state index is 0.301. The van der Waals surface area contributed by atoms with Crippen molar-refractivity contribution >= 4 is 5.82 Å². The Hall–Kier alpha value is -2.62. The van der Waals surface area contributed by atoms with Gasteiger partial charge in [0.1, 0.15) is 5.82 Å². The molecule has 3 nitrogen and oxygen atoms in total. The molecule has 0 unspecified atom stereocenters. The molecule has 0 atom stereocenters. The molecule has 20 heavy (non-hydrogen) atoms. The number of nitrogens with two attached hydrogens (primary N) is 1. The standard InChI is InChI=1S/C16H13FN2O/c1-10-4-2-5-11(8-10)14-15(20-19-16(14)18)12-6-3-7-13(17)9-12/h2-9H,1H3,(H2,18,19). The molecule has 0 saturated heterocycles. The summed E-state index contributed by atoms with van der Waals surface area (Å²) in [6, 6.07) is 14.0. The number of benzene rings is 2. The van der Waals surface area contributed by atoms with Crippen LogP contribution in [0.5, 0.6) is 0 Å². The van der Waals surface area contributed by atoms with Crippen LogP contribution in [0.2, 0.25) is 0 Å². The summed E-state index contributed by atoms with van der Waals surface area (Å²) in [5, 5.41) is 3.81. The maximum Gasteiger partial charge on any atom is 0.177 e. The third-order valence-electron chi connectivity index (χ3n) is 3.11. The fraction of sp³-hybridized carbons (Fsp3) is 0.0625. The van der Waals surface area contributed by atoms with Crippen LogP contribution in [0.15, 0.2) is 53.1 Å². The molecule has 100 valence electrons. The third-order valence-corrected chi connectivity index (χ3v) is 3.11. The Morgan fingerprint density at radius 1 is 1.05 bits per heavy atom. The fourth-order valence-electron chi connectivity index (χ4n) is 2.21. The predicted molar refractivity (Wildman–Crippen MR) is 76.5 cm³/mol. The zero-order valence-electron chi connectivity index (χ0n) is 10.9. The molecule has 1 heterocycles. The lowest BCUT2D eigenvalue weighted by Crippen LogP contribution is -1.89. The second-order valence-corrected chi connectivity index (χ2v) is 4.65. The molecular weight excluding hydrogens is 255 g/mol. The number of rotatable bonds is 2. The van der Waals surface area contributed by atoms with E-state index in [-0.39, 0.29) is 5.82 Å². The van der Waals surface area contributed by atoms with E-state index in [1.807, 2.05) is 31.2 Å². The Morgan fingerprint density at radius 3 is 2.55 bits per heavy atom. The maximum atomic E-state index is 13.4. The first-order valence-corrected chi connectivity index (χ1v) is 6.23. The number of aryl methyl sites for hydroxylation is 1. The molecule has 0 spiro atoms. The summed E-state index contributed by atoms with van der Waals surface area (Å²) in [5.41, 5.74) is 9.22. The van der Waals surface area contributed by atoms with Crippen molar-refractivity contribution in [3.8, 4) is 22.5 Å². The smallest absolute Gasteiger partial charge is 0.177 e. The summed E-state index contributed by atoms with van der Waals surface area (Å²) in [4.78, 5) is 0. The zero-order chi connectivity index (χ0) is 14.1. The van der Waals surface area contributed by atoms with Crippen LogP contribution < -0.4 is 5.73 Å². The topological polar surface area (TPSA) is 52.0 Å². The van der Waals surface area contributed by atoms with E-state index >= 15 is 0 Å². The first-order chi connectivity index (χ1) is 9.65. The van der Waals surface area contributed by atoms with Crippen molar-refractivity contribution in [2.24, 2.45) is 0 Å². The molecule has 0 radical (unpaired) electrons. The zero-order valence-corrected chi connectivity index (χ0v) is 10.9. The Labute approximate surface area is 115 Å². The lowest BCUT2D eigenvalue weighted by molar-refractivity contribution is 0.436. The quantitative estimate of drug-likeness (QED) is 0.763. The molecule has 2 N–H and O–H groups in total. The summed E-state index contributed by atoms with van der Waals surface area (Å²) in [5.74, 6) is 0.454. The third kappa shape index (κ3) is 2.16. The summed E-state index contributed by atoms with van der Waals surface area (Å²) >= 11 is 0. The van der Waals surface area contributed by atoms with E-state index in [0.717, 1.165) is 11.1 Å². The molecule has 0 bridgehead atoms. The monoisotopic (exact) mass is 268 g/mol. The average molecular weight is 268 g/mol. The first kappa shape index (κ1) is 12.4. The van der Waals surface area contributed by atoms with Crippen LogP contribution in [0.4, 0.5) is 10.2 Å². The number of halogens is 1. The van der Waals surface area contributed by atoms with Crippen LogP contribution in [0.3, 0.4) is 0 Å². The number of nitrogens with zero attached hydrogens (tertiary/aromatic N) is 1. The Kier molecular flexibility index (Phi) is 2.99. The van der Waals surface area contributed by atoms with Gasteiger partial charge < -0.3 is 10.3 Å². The fourth-order valence-corrected chi connectivity index (χ4v) is 2.21. The molecule has 0 amide bonds. The maximum absolute atomic E-state index is 13.4. The number of hydrogen-bond acceptors (Lipinski definition) is 3. The summed E-state index contributed by atoms with van der Waals surface area (Å²) < 4.78 is 18.7. The van der Waals surface area contributed by atoms with Crippen molar-refractivity contribution in [2.45, 2.75) is 6.92 Å². The van der Waals surface area contributed by atoms with Crippen LogP contribution >= 0.6 is 0 Å². The van der Waals surface area contributed by atoms with Gasteiger partial charge in [0.15, 0.2) is 11.6 Å². The molecule has 0 fully saturated rings. The van der Waals surface area contributed by atoms with Gasteiger partial charge in [0, 0.05) is 5.56 Å². The van der Waals surface area contributed by atoms with Gasteiger partial charge in [0.25, 0.3) is 0 Å². The van der Waals surface area contributed by atoms with Crippen molar-refractivity contribution in [1.29, 1.82) is 0 Å². The van der Waals surface area contributed by atoms with Gasteiger partial charge in [-0.1, -0.05) is 47.1 Å². The molecule has 1 aromatic heterocycles. The molecule has 3 rings (SSSR count). The van der Waals surface area contributed by atoms with Gasteiger partial charge >= 0.3 is 0 Å². The molecule has 2 aromatic carbocycles.